The maximum Gasteiger partial charge on any atom is 0.249 e. The lowest BCUT2D eigenvalue weighted by Gasteiger charge is -2.18. The zero-order valence-electron chi connectivity index (χ0n) is 15.2. The minimum atomic E-state index is -0.415. The summed E-state index contributed by atoms with van der Waals surface area (Å²) in [5, 5.41) is 6.36. The fourth-order valence-electron chi connectivity index (χ4n) is 3.61. The normalized spacial score (nSPS) is 12.6. The van der Waals surface area contributed by atoms with Crippen LogP contribution in [0.4, 0.5) is 5.13 Å². The molecule has 0 saturated heterocycles. The van der Waals surface area contributed by atoms with Crippen molar-refractivity contribution in [3.63, 3.8) is 0 Å². The minimum absolute atomic E-state index is 0.102. The van der Waals surface area contributed by atoms with Crippen molar-refractivity contribution >= 4 is 55.5 Å². The molecular weight excluding hydrogens is 370 g/mol. The Balaban J connectivity index is 1.75. The van der Waals surface area contributed by atoms with Gasteiger partial charge in [-0.25, -0.2) is 15.0 Å². The molecule has 0 radical (unpaired) electrons. The molecule has 2 aromatic carbocycles. The first-order valence-corrected chi connectivity index (χ1v) is 10.00. The van der Waals surface area contributed by atoms with E-state index < -0.39 is 6.04 Å². The van der Waals surface area contributed by atoms with Gasteiger partial charge in [-0.05, 0) is 24.6 Å². The van der Waals surface area contributed by atoms with Gasteiger partial charge in [0.15, 0.2) is 10.8 Å². The average molecular weight is 387 g/mol. The third kappa shape index (κ3) is 2.63. The molecule has 0 saturated carbocycles. The summed E-state index contributed by atoms with van der Waals surface area (Å²) in [4.78, 5) is 27.0. The van der Waals surface area contributed by atoms with Crippen LogP contribution in [0.15, 0.2) is 60.1 Å². The topological polar surface area (TPSA) is 72.7 Å². The van der Waals surface area contributed by atoms with Crippen LogP contribution in [0, 0.1) is 0 Å². The number of aromatic nitrogens is 4. The number of anilines is 1. The SMILES string of the molecule is CCC(C(=O)Nc1nccs1)n1c2ccccc2c2nc3ccccc3nc21. The molecule has 1 amide bonds. The molecule has 28 heavy (non-hydrogen) atoms. The number of hydrogen-bond donors (Lipinski definition) is 1. The van der Waals surface area contributed by atoms with Crippen LogP contribution in [0.2, 0.25) is 0 Å². The summed E-state index contributed by atoms with van der Waals surface area (Å²) in [5.41, 5.74) is 4.15. The highest BCUT2D eigenvalue weighted by Crippen LogP contribution is 2.32. The van der Waals surface area contributed by atoms with Crippen LogP contribution in [0.5, 0.6) is 0 Å². The summed E-state index contributed by atoms with van der Waals surface area (Å²) < 4.78 is 2.01. The number of nitrogens with zero attached hydrogens (tertiary/aromatic N) is 4. The zero-order chi connectivity index (χ0) is 19.1. The number of thiazole rings is 1. The largest absolute Gasteiger partial charge is 0.311 e. The van der Waals surface area contributed by atoms with E-state index in [0.29, 0.717) is 11.6 Å². The number of para-hydroxylation sites is 3. The predicted molar refractivity (Wildman–Crippen MR) is 113 cm³/mol. The number of carbonyl (C=O) groups excluding carboxylic acids is 1. The first kappa shape index (κ1) is 16.8. The Kier molecular flexibility index (Phi) is 4.02. The predicted octanol–water partition coefficient (Wildman–Crippen LogP) is 4.78. The molecule has 0 aliphatic rings. The monoisotopic (exact) mass is 387 g/mol. The first-order chi connectivity index (χ1) is 13.8. The quantitative estimate of drug-likeness (QED) is 0.481. The number of hydrogen-bond acceptors (Lipinski definition) is 5. The molecular formula is C21H17N5OS. The second-order valence-electron chi connectivity index (χ2n) is 6.52. The molecule has 5 aromatic rings. The van der Waals surface area contributed by atoms with Gasteiger partial charge in [0.2, 0.25) is 5.91 Å². The van der Waals surface area contributed by atoms with Crippen LogP contribution < -0.4 is 5.32 Å². The lowest BCUT2D eigenvalue weighted by Crippen LogP contribution is -2.25. The Bertz CT molecular complexity index is 1310. The van der Waals surface area contributed by atoms with Gasteiger partial charge in [0.25, 0.3) is 0 Å². The number of benzene rings is 2. The Morgan fingerprint density at radius 2 is 1.86 bits per heavy atom. The van der Waals surface area contributed by atoms with Crippen LogP contribution in [-0.2, 0) is 4.79 Å². The number of fused-ring (bicyclic) bond motifs is 4. The molecule has 0 bridgehead atoms. The Labute approximate surface area is 164 Å². The molecule has 0 aliphatic carbocycles. The van der Waals surface area contributed by atoms with Gasteiger partial charge in [0.05, 0.1) is 16.6 Å². The maximum atomic E-state index is 13.1. The van der Waals surface area contributed by atoms with E-state index >= 15 is 0 Å². The Hall–Kier alpha value is -3.32. The molecule has 0 spiro atoms. The molecule has 0 aliphatic heterocycles. The van der Waals surface area contributed by atoms with E-state index in [1.54, 1.807) is 6.20 Å². The lowest BCUT2D eigenvalue weighted by atomic mass is 10.2. The van der Waals surface area contributed by atoms with E-state index in [0.717, 1.165) is 33.1 Å². The minimum Gasteiger partial charge on any atom is -0.311 e. The van der Waals surface area contributed by atoms with Crippen molar-refractivity contribution in [3.05, 3.63) is 60.1 Å². The van der Waals surface area contributed by atoms with E-state index in [1.807, 2.05) is 65.4 Å². The Morgan fingerprint density at radius 1 is 1.11 bits per heavy atom. The molecule has 1 N–H and O–H groups in total. The van der Waals surface area contributed by atoms with Crippen molar-refractivity contribution in [3.8, 4) is 0 Å². The van der Waals surface area contributed by atoms with Gasteiger partial charge in [0, 0.05) is 17.0 Å². The van der Waals surface area contributed by atoms with Gasteiger partial charge in [-0.2, -0.15) is 0 Å². The van der Waals surface area contributed by atoms with Crippen molar-refractivity contribution < 1.29 is 4.79 Å². The number of amides is 1. The third-order valence-electron chi connectivity index (χ3n) is 4.86. The fourth-order valence-corrected chi connectivity index (χ4v) is 4.14. The van der Waals surface area contributed by atoms with E-state index in [2.05, 4.69) is 10.3 Å². The van der Waals surface area contributed by atoms with Gasteiger partial charge in [-0.15, -0.1) is 11.3 Å². The first-order valence-electron chi connectivity index (χ1n) is 9.12. The fraction of sp³-hybridized carbons (Fsp3) is 0.143. The van der Waals surface area contributed by atoms with Crippen LogP contribution >= 0.6 is 11.3 Å². The Morgan fingerprint density at radius 3 is 2.61 bits per heavy atom. The molecule has 1 atom stereocenters. The highest BCUT2D eigenvalue weighted by Gasteiger charge is 2.25. The third-order valence-corrected chi connectivity index (χ3v) is 5.55. The molecule has 5 rings (SSSR count). The van der Waals surface area contributed by atoms with Crippen molar-refractivity contribution in [2.24, 2.45) is 0 Å². The van der Waals surface area contributed by atoms with Crippen molar-refractivity contribution in [2.45, 2.75) is 19.4 Å². The molecule has 3 heterocycles. The molecule has 0 fully saturated rings. The molecule has 6 nitrogen and oxygen atoms in total. The zero-order valence-corrected chi connectivity index (χ0v) is 16.0. The molecule has 1 unspecified atom stereocenters. The van der Waals surface area contributed by atoms with Crippen LogP contribution in [0.3, 0.4) is 0 Å². The van der Waals surface area contributed by atoms with Gasteiger partial charge in [0.1, 0.15) is 11.6 Å². The van der Waals surface area contributed by atoms with E-state index in [9.17, 15) is 4.79 Å². The van der Waals surface area contributed by atoms with E-state index in [-0.39, 0.29) is 5.91 Å². The molecule has 7 heteroatoms. The van der Waals surface area contributed by atoms with Crippen molar-refractivity contribution in [1.82, 2.24) is 19.5 Å². The summed E-state index contributed by atoms with van der Waals surface area (Å²) in [6.45, 7) is 2.00. The number of nitrogens with one attached hydrogen (secondary N) is 1. The summed E-state index contributed by atoms with van der Waals surface area (Å²) in [6, 6.07) is 15.4. The second-order valence-corrected chi connectivity index (χ2v) is 7.42. The number of carbonyl (C=O) groups is 1. The lowest BCUT2D eigenvalue weighted by molar-refractivity contribution is -0.119. The summed E-state index contributed by atoms with van der Waals surface area (Å²) in [5.74, 6) is -0.102. The summed E-state index contributed by atoms with van der Waals surface area (Å²) >= 11 is 1.41. The molecule has 138 valence electrons. The highest BCUT2D eigenvalue weighted by atomic mass is 32.1. The second kappa shape index (κ2) is 6.69. The summed E-state index contributed by atoms with van der Waals surface area (Å²) in [7, 11) is 0. The van der Waals surface area contributed by atoms with Gasteiger partial charge >= 0.3 is 0 Å². The van der Waals surface area contributed by atoms with Gasteiger partial charge in [-0.1, -0.05) is 37.3 Å². The van der Waals surface area contributed by atoms with Gasteiger partial charge < -0.3 is 9.88 Å². The molecule has 3 aromatic heterocycles. The highest BCUT2D eigenvalue weighted by molar-refractivity contribution is 7.13. The average Bonchev–Trinajstić information content (AvgIpc) is 3.34. The van der Waals surface area contributed by atoms with E-state index in [4.69, 9.17) is 9.97 Å². The summed E-state index contributed by atoms with van der Waals surface area (Å²) in [6.07, 6.45) is 2.30. The van der Waals surface area contributed by atoms with Crippen molar-refractivity contribution in [2.75, 3.05) is 5.32 Å². The maximum absolute atomic E-state index is 13.1. The number of rotatable bonds is 4. The van der Waals surface area contributed by atoms with Gasteiger partial charge in [-0.3, -0.25) is 4.79 Å². The van der Waals surface area contributed by atoms with Crippen LogP contribution in [0.1, 0.15) is 19.4 Å². The smallest absolute Gasteiger partial charge is 0.249 e. The van der Waals surface area contributed by atoms with Crippen LogP contribution in [0.25, 0.3) is 33.1 Å². The van der Waals surface area contributed by atoms with E-state index in [1.165, 1.54) is 11.3 Å². The van der Waals surface area contributed by atoms with Crippen LogP contribution in [-0.4, -0.2) is 25.4 Å². The van der Waals surface area contributed by atoms with Crippen molar-refractivity contribution in [1.29, 1.82) is 0 Å². The standard InChI is InChI=1S/C21H17N5OS/c1-2-16(20(27)25-21-22-11-12-28-21)26-17-10-6-3-7-13(17)18-19(26)24-15-9-5-4-8-14(15)23-18/h3-12,16H,2H2,1H3,(H,22,25,27).